The minimum atomic E-state index is 0.0127. The fourth-order valence-electron chi connectivity index (χ4n) is 1.15. The van der Waals surface area contributed by atoms with Gasteiger partial charge in [-0.05, 0) is 19.4 Å². The van der Waals surface area contributed by atoms with Gasteiger partial charge in [0.25, 0.3) is 0 Å². The van der Waals surface area contributed by atoms with Gasteiger partial charge in [0.05, 0.1) is 9.97 Å². The van der Waals surface area contributed by atoms with Gasteiger partial charge in [0.1, 0.15) is 0 Å². The van der Waals surface area contributed by atoms with Crippen molar-refractivity contribution >= 4 is 28.5 Å². The first-order valence-corrected chi connectivity index (χ1v) is 5.85. The molecule has 0 aliphatic rings. The van der Waals surface area contributed by atoms with Crippen molar-refractivity contribution in [3.8, 4) is 0 Å². The summed E-state index contributed by atoms with van der Waals surface area (Å²) in [5.74, 6) is 0.0851. The van der Waals surface area contributed by atoms with E-state index in [0.29, 0.717) is 0 Å². The summed E-state index contributed by atoms with van der Waals surface area (Å²) in [5, 5.41) is 2.95. The molecule has 0 saturated carbocycles. The van der Waals surface area contributed by atoms with Gasteiger partial charge in [-0.1, -0.05) is 52.9 Å². The second kappa shape index (κ2) is 5.34. The lowest BCUT2D eigenvalue weighted by Gasteiger charge is -2.15. The first-order chi connectivity index (χ1) is 6.61. The van der Waals surface area contributed by atoms with Crippen LogP contribution in [0.4, 0.5) is 0 Å². The molecule has 14 heavy (non-hydrogen) atoms. The highest BCUT2D eigenvalue weighted by Crippen LogP contribution is 2.12. The van der Waals surface area contributed by atoms with Crippen molar-refractivity contribution in [2.45, 2.75) is 23.8 Å². The summed E-state index contributed by atoms with van der Waals surface area (Å²) in [4.78, 5) is 11.4. The Labute approximate surface area is 98.2 Å². The van der Waals surface area contributed by atoms with Crippen molar-refractivity contribution in [2.75, 3.05) is 0 Å². The van der Waals surface area contributed by atoms with Crippen LogP contribution in [-0.2, 0) is 4.79 Å². The van der Waals surface area contributed by atoms with E-state index in [1.54, 1.807) is 0 Å². The van der Waals surface area contributed by atoms with E-state index in [4.69, 9.17) is 0 Å². The molecule has 0 aliphatic carbocycles. The van der Waals surface area contributed by atoms with Gasteiger partial charge in [-0.3, -0.25) is 4.79 Å². The van der Waals surface area contributed by atoms with E-state index in [2.05, 4.69) is 27.9 Å². The Balaban J connectivity index is 2.59. The van der Waals surface area contributed by atoms with Crippen molar-refractivity contribution in [1.82, 2.24) is 5.32 Å². The van der Waals surface area contributed by atoms with E-state index < -0.39 is 0 Å². The van der Waals surface area contributed by atoms with E-state index in [0.717, 1.165) is 5.56 Å². The molecule has 76 valence electrons. The van der Waals surface area contributed by atoms with Crippen molar-refractivity contribution in [1.29, 1.82) is 0 Å². The maximum Gasteiger partial charge on any atom is 0.233 e. The Bertz CT molecular complexity index is 297. The van der Waals surface area contributed by atoms with E-state index in [1.807, 2.05) is 44.2 Å². The molecule has 2 nitrogen and oxygen atoms in total. The molecule has 0 bridgehead atoms. The molecule has 0 aromatic heterocycles. The third-order valence-corrected chi connectivity index (χ3v) is 2.59. The number of halogens is 1. The predicted octanol–water partition coefficient (Wildman–Crippen LogP) is 2.69. The standard InChI is InChI=1S/C11H14INO/c1-8(12)11(14)13-9(2)10-6-4-3-5-7-10/h3-9H,1-2H3,(H,13,14). The monoisotopic (exact) mass is 303 g/mol. The van der Waals surface area contributed by atoms with Gasteiger partial charge >= 0.3 is 0 Å². The lowest BCUT2D eigenvalue weighted by Crippen LogP contribution is -2.31. The Morgan fingerprint density at radius 3 is 2.36 bits per heavy atom. The Kier molecular flexibility index (Phi) is 4.38. The molecule has 0 aliphatic heterocycles. The summed E-state index contributed by atoms with van der Waals surface area (Å²) in [6.07, 6.45) is 0. The summed E-state index contributed by atoms with van der Waals surface area (Å²) in [6.45, 7) is 3.87. The number of amides is 1. The molecule has 2 atom stereocenters. The number of hydrogen-bond acceptors (Lipinski definition) is 1. The molecule has 2 unspecified atom stereocenters. The van der Waals surface area contributed by atoms with Crippen LogP contribution in [-0.4, -0.2) is 9.83 Å². The molecule has 0 heterocycles. The van der Waals surface area contributed by atoms with Gasteiger partial charge < -0.3 is 5.32 Å². The van der Waals surface area contributed by atoms with Crippen molar-refractivity contribution in [3.63, 3.8) is 0 Å². The van der Waals surface area contributed by atoms with Crippen molar-refractivity contribution < 1.29 is 4.79 Å². The summed E-state index contributed by atoms with van der Waals surface area (Å²) >= 11 is 2.11. The molecular formula is C11H14INO. The zero-order valence-corrected chi connectivity index (χ0v) is 10.5. The topological polar surface area (TPSA) is 29.1 Å². The van der Waals surface area contributed by atoms with Gasteiger partial charge in [-0.25, -0.2) is 0 Å². The molecule has 1 rings (SSSR count). The predicted molar refractivity (Wildman–Crippen MR) is 66.5 cm³/mol. The number of alkyl halides is 1. The zero-order valence-electron chi connectivity index (χ0n) is 8.33. The molecular weight excluding hydrogens is 289 g/mol. The number of benzene rings is 1. The Morgan fingerprint density at radius 1 is 1.29 bits per heavy atom. The fourth-order valence-corrected chi connectivity index (χ4v) is 1.33. The van der Waals surface area contributed by atoms with Crippen LogP contribution in [0.1, 0.15) is 25.5 Å². The fraction of sp³-hybridized carbons (Fsp3) is 0.364. The minimum absolute atomic E-state index is 0.0127. The van der Waals surface area contributed by atoms with Crippen LogP contribution < -0.4 is 5.32 Å². The third kappa shape index (κ3) is 3.29. The van der Waals surface area contributed by atoms with E-state index in [1.165, 1.54) is 0 Å². The van der Waals surface area contributed by atoms with Crippen LogP contribution in [0.15, 0.2) is 30.3 Å². The summed E-state index contributed by atoms with van der Waals surface area (Å²) < 4.78 is 0.0127. The maximum absolute atomic E-state index is 11.4. The van der Waals surface area contributed by atoms with E-state index >= 15 is 0 Å². The van der Waals surface area contributed by atoms with Crippen LogP contribution >= 0.6 is 22.6 Å². The highest BCUT2D eigenvalue weighted by Gasteiger charge is 2.12. The van der Waals surface area contributed by atoms with Gasteiger partial charge in [-0.15, -0.1) is 0 Å². The summed E-state index contributed by atoms with van der Waals surface area (Å²) in [5.41, 5.74) is 1.14. The number of carbonyl (C=O) groups excluding carboxylic acids is 1. The SMILES string of the molecule is CC(I)C(=O)NC(C)c1ccccc1. The summed E-state index contributed by atoms with van der Waals surface area (Å²) in [7, 11) is 0. The molecule has 1 aromatic rings. The van der Waals surface area contributed by atoms with Crippen LogP contribution in [0.25, 0.3) is 0 Å². The van der Waals surface area contributed by atoms with Crippen LogP contribution in [0.5, 0.6) is 0 Å². The van der Waals surface area contributed by atoms with Crippen LogP contribution in [0.2, 0.25) is 0 Å². The molecule has 1 amide bonds. The van der Waals surface area contributed by atoms with Crippen LogP contribution in [0.3, 0.4) is 0 Å². The highest BCUT2D eigenvalue weighted by molar-refractivity contribution is 14.1. The van der Waals surface area contributed by atoms with Gasteiger partial charge in [0, 0.05) is 0 Å². The van der Waals surface area contributed by atoms with Gasteiger partial charge in [-0.2, -0.15) is 0 Å². The average molecular weight is 303 g/mol. The summed E-state index contributed by atoms with van der Waals surface area (Å²) in [6, 6.07) is 10.0. The number of hydrogen-bond donors (Lipinski definition) is 1. The maximum atomic E-state index is 11.4. The van der Waals surface area contributed by atoms with Crippen molar-refractivity contribution in [2.24, 2.45) is 0 Å². The number of rotatable bonds is 3. The Morgan fingerprint density at radius 2 is 1.86 bits per heavy atom. The normalized spacial score (nSPS) is 14.5. The van der Waals surface area contributed by atoms with Crippen LogP contribution in [0, 0.1) is 0 Å². The smallest absolute Gasteiger partial charge is 0.233 e. The lowest BCUT2D eigenvalue weighted by atomic mass is 10.1. The van der Waals surface area contributed by atoms with Gasteiger partial charge in [0.2, 0.25) is 5.91 Å². The largest absolute Gasteiger partial charge is 0.349 e. The molecule has 0 radical (unpaired) electrons. The molecule has 0 spiro atoms. The quantitative estimate of drug-likeness (QED) is 0.675. The molecule has 0 fully saturated rings. The Hall–Kier alpha value is -0.580. The molecule has 3 heteroatoms. The highest BCUT2D eigenvalue weighted by atomic mass is 127. The van der Waals surface area contributed by atoms with E-state index in [-0.39, 0.29) is 15.9 Å². The average Bonchev–Trinajstić information content (AvgIpc) is 2.19. The molecule has 1 aromatic carbocycles. The number of nitrogens with one attached hydrogen (secondary N) is 1. The second-order valence-corrected chi connectivity index (χ2v) is 5.13. The molecule has 1 N–H and O–H groups in total. The number of carbonyl (C=O) groups is 1. The second-order valence-electron chi connectivity index (χ2n) is 3.26. The zero-order chi connectivity index (χ0) is 10.6. The third-order valence-electron chi connectivity index (χ3n) is 2.02. The first-order valence-electron chi connectivity index (χ1n) is 4.60. The minimum Gasteiger partial charge on any atom is -0.349 e. The van der Waals surface area contributed by atoms with Gasteiger partial charge in [0.15, 0.2) is 0 Å². The lowest BCUT2D eigenvalue weighted by molar-refractivity contribution is -0.120. The van der Waals surface area contributed by atoms with Crippen molar-refractivity contribution in [3.05, 3.63) is 35.9 Å². The first kappa shape index (κ1) is 11.5. The van der Waals surface area contributed by atoms with E-state index in [9.17, 15) is 4.79 Å². The molecule has 0 saturated heterocycles.